The molecule has 7 nitrogen and oxygen atoms in total. The highest BCUT2D eigenvalue weighted by Crippen LogP contribution is 2.39. The first-order chi connectivity index (χ1) is 19.7. The number of aldehydes is 1. The number of nitriles is 1. The summed E-state index contributed by atoms with van der Waals surface area (Å²) >= 11 is 0. The Balaban J connectivity index is 1.28. The minimum Gasteiger partial charge on any atom is -0.357 e. The maximum atomic E-state index is 13.2. The first-order valence-corrected chi connectivity index (χ1v) is 15.0. The highest BCUT2D eigenvalue weighted by molar-refractivity contribution is 6.01. The van der Waals surface area contributed by atoms with Crippen LogP contribution in [0.5, 0.6) is 0 Å². The molecule has 2 aliphatic rings. The molecule has 2 aromatic rings. The number of carbonyl (C=O) groups is 3. The molecule has 0 spiro atoms. The standard InChI is InChI=1S/C34H44N4O3/c1-24-20-25(2)31(26(3)21-24)34(23-35)14-17-37(18-15-34)16-7-5-6-10-27-11-8-12-28-29(27)22-38(33(28)41)30(13-9-19-39)32(40)36-4/h8,11-12,19-21,30H,5-7,9-10,13-18,22H2,1-4H3,(H,36,40). The van der Waals surface area contributed by atoms with E-state index in [2.05, 4.69) is 55.3 Å². The molecule has 0 bridgehead atoms. The van der Waals surface area contributed by atoms with Gasteiger partial charge in [0.15, 0.2) is 0 Å². The van der Waals surface area contributed by atoms with Gasteiger partial charge in [0.1, 0.15) is 12.3 Å². The molecule has 1 saturated heterocycles. The van der Waals surface area contributed by atoms with E-state index in [0.29, 0.717) is 18.5 Å². The van der Waals surface area contributed by atoms with Crippen molar-refractivity contribution < 1.29 is 14.4 Å². The molecule has 4 rings (SSSR count). The van der Waals surface area contributed by atoms with E-state index in [0.717, 1.165) is 70.0 Å². The molecule has 2 heterocycles. The van der Waals surface area contributed by atoms with Gasteiger partial charge in [0.25, 0.3) is 5.91 Å². The van der Waals surface area contributed by atoms with Gasteiger partial charge in [-0.3, -0.25) is 9.59 Å². The van der Waals surface area contributed by atoms with E-state index in [1.807, 2.05) is 12.1 Å². The summed E-state index contributed by atoms with van der Waals surface area (Å²) in [6.07, 6.45) is 7.24. The van der Waals surface area contributed by atoms with Gasteiger partial charge < -0.3 is 19.9 Å². The van der Waals surface area contributed by atoms with E-state index in [-0.39, 0.29) is 23.7 Å². The van der Waals surface area contributed by atoms with Crippen LogP contribution in [0.4, 0.5) is 0 Å². The number of unbranched alkanes of at least 4 members (excludes halogenated alkanes) is 2. The third kappa shape index (κ3) is 6.54. The molecule has 1 N–H and O–H groups in total. The van der Waals surface area contributed by atoms with Crippen LogP contribution in [-0.2, 0) is 28.0 Å². The number of hydrogen-bond donors (Lipinski definition) is 1. The van der Waals surface area contributed by atoms with Crippen LogP contribution in [0.25, 0.3) is 0 Å². The second kappa shape index (κ2) is 13.4. The number of amides is 2. The molecule has 1 atom stereocenters. The molecule has 7 heteroatoms. The number of piperidine rings is 1. The van der Waals surface area contributed by atoms with Crippen molar-refractivity contribution >= 4 is 18.1 Å². The first-order valence-electron chi connectivity index (χ1n) is 15.0. The van der Waals surface area contributed by atoms with Gasteiger partial charge in [-0.1, -0.05) is 36.2 Å². The predicted octanol–water partition coefficient (Wildman–Crippen LogP) is 4.93. The van der Waals surface area contributed by atoms with Crippen molar-refractivity contribution in [3.63, 3.8) is 0 Å². The van der Waals surface area contributed by atoms with Crippen molar-refractivity contribution in [2.24, 2.45) is 0 Å². The van der Waals surface area contributed by atoms with Gasteiger partial charge in [-0.2, -0.15) is 5.26 Å². The van der Waals surface area contributed by atoms with E-state index >= 15 is 0 Å². The zero-order chi connectivity index (χ0) is 29.6. The SMILES string of the molecule is CNC(=O)C(CCC=O)N1Cc2c(CCCCCN3CCC(C#N)(c4c(C)cc(C)cc4C)CC3)cccc2C1=O. The Morgan fingerprint density at radius 1 is 1.12 bits per heavy atom. The molecule has 1 fully saturated rings. The fourth-order valence-electron chi connectivity index (χ4n) is 7.06. The Hall–Kier alpha value is -3.50. The van der Waals surface area contributed by atoms with Crippen LogP contribution >= 0.6 is 0 Å². The van der Waals surface area contributed by atoms with Crippen molar-refractivity contribution in [2.45, 2.75) is 90.1 Å². The lowest BCUT2D eigenvalue weighted by Gasteiger charge is -2.39. The minimum atomic E-state index is -0.638. The molecule has 0 saturated carbocycles. The zero-order valence-corrected chi connectivity index (χ0v) is 25.1. The Morgan fingerprint density at radius 2 is 1.83 bits per heavy atom. The third-order valence-electron chi connectivity index (χ3n) is 9.08. The van der Waals surface area contributed by atoms with Gasteiger partial charge in [0.2, 0.25) is 5.91 Å². The Kier molecular flexibility index (Phi) is 9.99. The van der Waals surface area contributed by atoms with Crippen molar-refractivity contribution in [2.75, 3.05) is 26.7 Å². The molecular weight excluding hydrogens is 512 g/mol. The number of aryl methyl sites for hydroxylation is 4. The normalized spacial score (nSPS) is 17.1. The molecule has 0 aliphatic carbocycles. The molecule has 2 aliphatic heterocycles. The van der Waals surface area contributed by atoms with Crippen LogP contribution in [0.2, 0.25) is 0 Å². The summed E-state index contributed by atoms with van der Waals surface area (Å²) in [5.74, 6) is -0.362. The van der Waals surface area contributed by atoms with Gasteiger partial charge in [0.05, 0.1) is 11.5 Å². The smallest absolute Gasteiger partial charge is 0.255 e. The summed E-state index contributed by atoms with van der Waals surface area (Å²) in [4.78, 5) is 40.7. The summed E-state index contributed by atoms with van der Waals surface area (Å²) in [5.41, 5.74) is 7.44. The van der Waals surface area contributed by atoms with Crippen molar-refractivity contribution in [1.82, 2.24) is 15.1 Å². The fourth-order valence-corrected chi connectivity index (χ4v) is 7.06. The van der Waals surface area contributed by atoms with Crippen LogP contribution in [0.15, 0.2) is 30.3 Å². The lowest BCUT2D eigenvalue weighted by molar-refractivity contribution is -0.125. The largest absolute Gasteiger partial charge is 0.357 e. The van der Waals surface area contributed by atoms with Crippen LogP contribution in [0.1, 0.15) is 88.7 Å². The van der Waals surface area contributed by atoms with Crippen molar-refractivity contribution in [3.05, 3.63) is 69.3 Å². The monoisotopic (exact) mass is 556 g/mol. The number of hydrogen-bond acceptors (Lipinski definition) is 5. The molecule has 2 amide bonds. The van der Waals surface area contributed by atoms with E-state index in [4.69, 9.17) is 0 Å². The summed E-state index contributed by atoms with van der Waals surface area (Å²) < 4.78 is 0. The number of nitrogens with zero attached hydrogens (tertiary/aromatic N) is 3. The summed E-state index contributed by atoms with van der Waals surface area (Å²) in [6.45, 7) is 9.75. The number of benzene rings is 2. The van der Waals surface area contributed by atoms with E-state index < -0.39 is 6.04 Å². The molecule has 0 aromatic heterocycles. The first kappa shape index (κ1) is 30.5. The van der Waals surface area contributed by atoms with E-state index in [9.17, 15) is 19.6 Å². The maximum absolute atomic E-state index is 13.2. The number of rotatable bonds is 12. The maximum Gasteiger partial charge on any atom is 0.255 e. The van der Waals surface area contributed by atoms with E-state index in [1.54, 1.807) is 11.9 Å². The Bertz CT molecular complexity index is 1300. The number of likely N-dealkylation sites (tertiary alicyclic amines) is 1. The van der Waals surface area contributed by atoms with Crippen molar-refractivity contribution in [3.8, 4) is 6.07 Å². The lowest BCUT2D eigenvalue weighted by atomic mass is 9.70. The topological polar surface area (TPSA) is 93.5 Å². The van der Waals surface area contributed by atoms with Gasteiger partial charge in [-0.15, -0.1) is 0 Å². The second-order valence-electron chi connectivity index (χ2n) is 11.9. The third-order valence-corrected chi connectivity index (χ3v) is 9.08. The molecular formula is C34H44N4O3. The molecule has 41 heavy (non-hydrogen) atoms. The van der Waals surface area contributed by atoms with Crippen LogP contribution in [-0.4, -0.2) is 60.6 Å². The number of likely N-dealkylation sites (N-methyl/N-ethyl adjacent to an activating group) is 1. The van der Waals surface area contributed by atoms with Crippen LogP contribution in [0.3, 0.4) is 0 Å². The zero-order valence-electron chi connectivity index (χ0n) is 25.1. The second-order valence-corrected chi connectivity index (χ2v) is 11.9. The van der Waals surface area contributed by atoms with Crippen molar-refractivity contribution in [1.29, 1.82) is 5.26 Å². The minimum absolute atomic E-state index is 0.129. The number of fused-ring (bicyclic) bond motifs is 1. The highest BCUT2D eigenvalue weighted by atomic mass is 16.2. The molecule has 218 valence electrons. The van der Waals surface area contributed by atoms with Crippen LogP contribution in [0, 0.1) is 32.1 Å². The van der Waals surface area contributed by atoms with Crippen LogP contribution < -0.4 is 5.32 Å². The average Bonchev–Trinajstić information content (AvgIpc) is 3.29. The fraction of sp³-hybridized carbons (Fsp3) is 0.529. The van der Waals surface area contributed by atoms with Gasteiger partial charge in [-0.05, 0) is 113 Å². The number of nitrogens with one attached hydrogen (secondary N) is 1. The summed E-state index contributed by atoms with van der Waals surface area (Å²) in [6, 6.07) is 12.4. The Labute approximate surface area is 244 Å². The van der Waals surface area contributed by atoms with Gasteiger partial charge in [-0.25, -0.2) is 0 Å². The molecule has 1 unspecified atom stereocenters. The molecule has 0 radical (unpaired) electrons. The Morgan fingerprint density at radius 3 is 2.46 bits per heavy atom. The summed E-state index contributed by atoms with van der Waals surface area (Å²) in [5, 5.41) is 12.9. The predicted molar refractivity (Wildman–Crippen MR) is 161 cm³/mol. The summed E-state index contributed by atoms with van der Waals surface area (Å²) in [7, 11) is 1.56. The highest BCUT2D eigenvalue weighted by Gasteiger charge is 2.39. The quantitative estimate of drug-likeness (QED) is 0.296. The number of carbonyl (C=O) groups excluding carboxylic acids is 3. The van der Waals surface area contributed by atoms with E-state index in [1.165, 1.54) is 27.8 Å². The average molecular weight is 557 g/mol. The molecule has 2 aromatic carbocycles. The lowest BCUT2D eigenvalue weighted by Crippen LogP contribution is -2.46. The van der Waals surface area contributed by atoms with Gasteiger partial charge >= 0.3 is 0 Å². The van der Waals surface area contributed by atoms with Gasteiger partial charge in [0, 0.05) is 25.6 Å².